The number of hydrogen-bond donors (Lipinski definition) is 1. The lowest BCUT2D eigenvalue weighted by molar-refractivity contribution is 0.353. The Labute approximate surface area is 59.9 Å². The first-order chi connectivity index (χ1) is 4.34. The van der Waals surface area contributed by atoms with Crippen LogP contribution in [0, 0.1) is 0 Å². The van der Waals surface area contributed by atoms with E-state index in [1.807, 2.05) is 0 Å². The van der Waals surface area contributed by atoms with E-state index in [1.165, 1.54) is 18.2 Å². The van der Waals surface area contributed by atoms with Gasteiger partial charge < -0.3 is 0 Å². The van der Waals surface area contributed by atoms with Crippen LogP contribution in [0.4, 0.5) is 0 Å². The Morgan fingerprint density at radius 2 is 2.44 bits per heavy atom. The fourth-order valence-electron chi connectivity index (χ4n) is 1.77. The Morgan fingerprint density at radius 3 is 2.89 bits per heavy atom. The van der Waals surface area contributed by atoms with Crippen molar-refractivity contribution in [3.05, 3.63) is 0 Å². The molecule has 2 saturated heterocycles. The molecule has 2 aliphatic rings. The molecule has 0 N–H and O–H groups in total. The summed E-state index contributed by atoms with van der Waals surface area (Å²) in [6.07, 6.45) is 1.34. The first-order valence-corrected chi connectivity index (χ1v) is 5.42. The summed E-state index contributed by atoms with van der Waals surface area (Å²) in [5, 5.41) is 1.17. The average Bonchev–Trinajstić information content (AvgIpc) is 2.58. The smallest absolute Gasteiger partial charge is 0.0277 e. The molecule has 2 rings (SSSR count). The van der Waals surface area contributed by atoms with Gasteiger partial charge in [0.2, 0.25) is 0 Å². The van der Waals surface area contributed by atoms with Crippen molar-refractivity contribution in [1.82, 2.24) is 4.31 Å². The normalized spacial score (nSPS) is 52.0. The van der Waals surface area contributed by atoms with Crippen LogP contribution in [0.15, 0.2) is 0 Å². The molecule has 0 saturated carbocycles. The third-order valence-electron chi connectivity index (χ3n) is 2.43. The van der Waals surface area contributed by atoms with E-state index in [2.05, 4.69) is 18.2 Å². The standard InChI is InChI=1S/C7H15NS/c1-3-4-8-6(2)7-5-9(7)8/h6-7,9H,3-5H2,1-2H3. The highest BCUT2D eigenvalue weighted by Gasteiger charge is 2.54. The van der Waals surface area contributed by atoms with Gasteiger partial charge in [-0.1, -0.05) is 6.92 Å². The summed E-state index contributed by atoms with van der Waals surface area (Å²) < 4.78 is 2.71. The van der Waals surface area contributed by atoms with Gasteiger partial charge in [-0.25, -0.2) is 0 Å². The van der Waals surface area contributed by atoms with Crippen molar-refractivity contribution in [3.8, 4) is 0 Å². The van der Waals surface area contributed by atoms with Gasteiger partial charge in [-0.05, 0) is 19.1 Å². The summed E-state index contributed by atoms with van der Waals surface area (Å²) in [6.45, 7) is 6.02. The van der Waals surface area contributed by atoms with E-state index in [0.717, 1.165) is 6.04 Å². The second-order valence-corrected chi connectivity index (χ2v) is 5.51. The van der Waals surface area contributed by atoms with Gasteiger partial charge >= 0.3 is 0 Å². The highest BCUT2D eigenvalue weighted by Crippen LogP contribution is 2.65. The lowest BCUT2D eigenvalue weighted by atomic mass is 10.2. The van der Waals surface area contributed by atoms with Crippen molar-refractivity contribution in [1.29, 1.82) is 0 Å². The fourth-order valence-corrected chi connectivity index (χ4v) is 4.70. The van der Waals surface area contributed by atoms with Gasteiger partial charge in [0, 0.05) is 17.8 Å². The van der Waals surface area contributed by atoms with E-state index in [1.54, 1.807) is 5.75 Å². The summed E-state index contributed by atoms with van der Waals surface area (Å²) in [7, 11) is 0. The van der Waals surface area contributed by atoms with Gasteiger partial charge in [0.15, 0.2) is 0 Å². The number of rotatable bonds is 2. The highest BCUT2D eigenvalue weighted by molar-refractivity contribution is 8.23. The first-order valence-electron chi connectivity index (χ1n) is 3.87. The molecule has 3 atom stereocenters. The number of hydrogen-bond acceptors (Lipinski definition) is 1. The van der Waals surface area contributed by atoms with Gasteiger partial charge in [-0.2, -0.15) is 11.1 Å². The molecule has 2 fully saturated rings. The summed E-state index contributed by atoms with van der Waals surface area (Å²) in [5.74, 6) is 1.57. The molecule has 3 unspecified atom stereocenters. The molecule has 9 heavy (non-hydrogen) atoms. The highest BCUT2D eigenvalue weighted by atomic mass is 32.2. The number of thiol groups is 1. The molecule has 54 valence electrons. The van der Waals surface area contributed by atoms with Crippen LogP contribution in [0.5, 0.6) is 0 Å². The Kier molecular flexibility index (Phi) is 1.27. The van der Waals surface area contributed by atoms with Crippen molar-refractivity contribution in [2.24, 2.45) is 0 Å². The average molecular weight is 145 g/mol. The molecule has 1 nitrogen and oxygen atoms in total. The van der Waals surface area contributed by atoms with Crippen LogP contribution >= 0.6 is 11.1 Å². The predicted octanol–water partition coefficient (Wildman–Crippen LogP) is 1.40. The second-order valence-electron chi connectivity index (χ2n) is 3.09. The Balaban J connectivity index is 1.85. The van der Waals surface area contributed by atoms with Crippen molar-refractivity contribution < 1.29 is 0 Å². The third kappa shape index (κ3) is 0.729. The van der Waals surface area contributed by atoms with Crippen molar-refractivity contribution >= 4 is 11.1 Å². The van der Waals surface area contributed by atoms with Crippen LogP contribution in [0.1, 0.15) is 20.3 Å². The van der Waals surface area contributed by atoms with Gasteiger partial charge in [-0.3, -0.25) is 4.31 Å². The topological polar surface area (TPSA) is 3.24 Å². The van der Waals surface area contributed by atoms with Crippen LogP contribution < -0.4 is 0 Å². The SMILES string of the molecule is CCCN1C(C)C2C[SH]21. The minimum atomic E-state index is 0.474. The van der Waals surface area contributed by atoms with E-state index >= 15 is 0 Å². The largest absolute Gasteiger partial charge is 0.266 e. The van der Waals surface area contributed by atoms with Crippen molar-refractivity contribution in [2.45, 2.75) is 31.6 Å². The van der Waals surface area contributed by atoms with E-state index in [9.17, 15) is 0 Å². The van der Waals surface area contributed by atoms with Gasteiger partial charge in [0.1, 0.15) is 0 Å². The Bertz CT molecular complexity index is 126. The molecule has 0 aromatic heterocycles. The van der Waals surface area contributed by atoms with Crippen LogP contribution in [0.25, 0.3) is 0 Å². The monoisotopic (exact) mass is 145 g/mol. The lowest BCUT2D eigenvalue weighted by Gasteiger charge is -2.39. The van der Waals surface area contributed by atoms with Gasteiger partial charge in [-0.15, -0.1) is 0 Å². The lowest BCUT2D eigenvalue weighted by Crippen LogP contribution is -2.39. The van der Waals surface area contributed by atoms with E-state index in [4.69, 9.17) is 0 Å². The van der Waals surface area contributed by atoms with Crippen LogP contribution in [-0.2, 0) is 0 Å². The molecule has 0 bridgehead atoms. The predicted molar refractivity (Wildman–Crippen MR) is 44.1 cm³/mol. The molecule has 2 heterocycles. The van der Waals surface area contributed by atoms with Crippen LogP contribution in [-0.4, -0.2) is 27.9 Å². The molecule has 0 amide bonds. The number of fused-ring (bicyclic) bond motifs is 1. The minimum absolute atomic E-state index is 0.474. The maximum atomic E-state index is 2.71. The maximum absolute atomic E-state index is 2.71. The van der Waals surface area contributed by atoms with E-state index in [-0.39, 0.29) is 0 Å². The Morgan fingerprint density at radius 1 is 1.67 bits per heavy atom. The van der Waals surface area contributed by atoms with Gasteiger partial charge in [0.25, 0.3) is 0 Å². The Hall–Kier alpha value is 0.310. The quantitative estimate of drug-likeness (QED) is 0.454. The molecule has 0 aromatic carbocycles. The first kappa shape index (κ1) is 6.05. The molecule has 0 spiro atoms. The van der Waals surface area contributed by atoms with Gasteiger partial charge in [0.05, 0.1) is 0 Å². The summed E-state index contributed by atoms with van der Waals surface area (Å²) in [4.78, 5) is 0. The summed E-state index contributed by atoms with van der Waals surface area (Å²) in [6, 6.07) is 0.955. The van der Waals surface area contributed by atoms with Crippen molar-refractivity contribution in [2.75, 3.05) is 12.3 Å². The van der Waals surface area contributed by atoms with Crippen LogP contribution in [0.2, 0.25) is 0 Å². The third-order valence-corrected chi connectivity index (χ3v) is 5.34. The molecular formula is C7H15NS. The van der Waals surface area contributed by atoms with Crippen LogP contribution in [0.3, 0.4) is 0 Å². The molecule has 2 aliphatic heterocycles. The second kappa shape index (κ2) is 1.89. The minimum Gasteiger partial charge on any atom is -0.266 e. The summed E-state index contributed by atoms with van der Waals surface area (Å²) in [5.41, 5.74) is 0. The molecule has 0 aliphatic carbocycles. The zero-order valence-electron chi connectivity index (χ0n) is 6.17. The molecule has 0 radical (unpaired) electrons. The molecule has 0 aromatic rings. The summed E-state index contributed by atoms with van der Waals surface area (Å²) >= 11 is 0.474. The fraction of sp³-hybridized carbons (Fsp3) is 1.00. The molecule has 2 heteroatoms. The van der Waals surface area contributed by atoms with Crippen molar-refractivity contribution in [3.63, 3.8) is 0 Å². The van der Waals surface area contributed by atoms with E-state index in [0.29, 0.717) is 11.1 Å². The molecular weight excluding hydrogens is 130 g/mol. The zero-order chi connectivity index (χ0) is 6.43. The van der Waals surface area contributed by atoms with E-state index < -0.39 is 0 Å². The number of nitrogens with zero attached hydrogens (tertiary/aromatic N) is 1. The zero-order valence-corrected chi connectivity index (χ0v) is 7.06. The maximum Gasteiger partial charge on any atom is 0.0277 e.